The van der Waals surface area contributed by atoms with Crippen LogP contribution in [0.5, 0.6) is 5.75 Å². The Kier molecular flexibility index (Phi) is 8.56. The molecule has 1 heterocycles. The van der Waals surface area contributed by atoms with E-state index in [4.69, 9.17) is 16.3 Å². The third kappa shape index (κ3) is 6.40. The number of rotatable bonds is 6. The Hall–Kier alpha value is -1.01. The number of amides is 1. The van der Waals surface area contributed by atoms with E-state index in [2.05, 4.69) is 22.5 Å². The summed E-state index contributed by atoms with van der Waals surface area (Å²) in [5, 5.41) is 6.83. The number of benzene rings is 1. The van der Waals surface area contributed by atoms with Crippen molar-refractivity contribution in [1.29, 1.82) is 0 Å². The Labute approximate surface area is 142 Å². The van der Waals surface area contributed by atoms with Gasteiger partial charge in [0.15, 0.2) is 0 Å². The summed E-state index contributed by atoms with van der Waals surface area (Å²) >= 11 is 5.87. The number of piperazine rings is 1. The van der Waals surface area contributed by atoms with E-state index in [0.29, 0.717) is 36.5 Å². The first kappa shape index (κ1) is 19.0. The summed E-state index contributed by atoms with van der Waals surface area (Å²) in [5.41, 5.74) is 0. The Morgan fingerprint density at radius 3 is 3.09 bits per heavy atom. The van der Waals surface area contributed by atoms with Gasteiger partial charge in [0, 0.05) is 30.7 Å². The van der Waals surface area contributed by atoms with E-state index in [1.165, 1.54) is 0 Å². The number of carbonyl (C=O) groups excluding carboxylic acids is 1. The highest BCUT2D eigenvalue weighted by atomic mass is 35.5. The van der Waals surface area contributed by atoms with Gasteiger partial charge in [0.2, 0.25) is 5.91 Å². The predicted octanol–water partition coefficient (Wildman–Crippen LogP) is 1.55. The van der Waals surface area contributed by atoms with Crippen molar-refractivity contribution < 1.29 is 9.53 Å². The van der Waals surface area contributed by atoms with Gasteiger partial charge in [-0.25, -0.2) is 0 Å². The molecule has 124 valence electrons. The van der Waals surface area contributed by atoms with Gasteiger partial charge in [-0.15, -0.1) is 12.4 Å². The minimum Gasteiger partial charge on any atom is -0.492 e. The van der Waals surface area contributed by atoms with Crippen molar-refractivity contribution in [3.63, 3.8) is 0 Å². The SMILES string of the molecule is C[C@H]1CNCCN1CC(=O)NCCOc1cccc(Cl)c1.Cl. The van der Waals surface area contributed by atoms with E-state index in [-0.39, 0.29) is 18.3 Å². The van der Waals surface area contributed by atoms with Crippen LogP contribution in [-0.2, 0) is 4.79 Å². The second-order valence-corrected chi connectivity index (χ2v) is 5.62. The molecule has 1 aromatic rings. The third-order valence-electron chi connectivity index (χ3n) is 3.47. The number of hydrogen-bond donors (Lipinski definition) is 2. The van der Waals surface area contributed by atoms with Gasteiger partial charge in [-0.05, 0) is 25.1 Å². The maximum absolute atomic E-state index is 11.9. The first-order chi connectivity index (χ1) is 10.1. The fourth-order valence-electron chi connectivity index (χ4n) is 2.27. The van der Waals surface area contributed by atoms with Crippen molar-refractivity contribution in [3.8, 4) is 5.75 Å². The zero-order valence-electron chi connectivity index (χ0n) is 12.7. The van der Waals surface area contributed by atoms with Crippen molar-refractivity contribution in [3.05, 3.63) is 29.3 Å². The first-order valence-corrected chi connectivity index (χ1v) is 7.63. The molecule has 7 heteroatoms. The summed E-state index contributed by atoms with van der Waals surface area (Å²) in [6.45, 7) is 6.28. The van der Waals surface area contributed by atoms with Crippen LogP contribution >= 0.6 is 24.0 Å². The molecule has 0 radical (unpaired) electrons. The smallest absolute Gasteiger partial charge is 0.234 e. The normalized spacial score (nSPS) is 18.4. The fourth-order valence-corrected chi connectivity index (χ4v) is 2.45. The minimum atomic E-state index is 0. The second-order valence-electron chi connectivity index (χ2n) is 5.18. The van der Waals surface area contributed by atoms with Gasteiger partial charge in [-0.2, -0.15) is 0 Å². The molecule has 0 unspecified atom stereocenters. The fraction of sp³-hybridized carbons (Fsp3) is 0.533. The summed E-state index contributed by atoms with van der Waals surface area (Å²) in [6.07, 6.45) is 0. The summed E-state index contributed by atoms with van der Waals surface area (Å²) < 4.78 is 5.53. The lowest BCUT2D eigenvalue weighted by molar-refractivity contribution is -0.123. The van der Waals surface area contributed by atoms with Crippen LogP contribution in [0.4, 0.5) is 0 Å². The van der Waals surface area contributed by atoms with Gasteiger partial charge in [0.25, 0.3) is 0 Å². The van der Waals surface area contributed by atoms with E-state index >= 15 is 0 Å². The van der Waals surface area contributed by atoms with E-state index in [9.17, 15) is 4.79 Å². The highest BCUT2D eigenvalue weighted by molar-refractivity contribution is 6.30. The third-order valence-corrected chi connectivity index (χ3v) is 3.71. The van der Waals surface area contributed by atoms with Crippen molar-refractivity contribution in [2.75, 3.05) is 39.3 Å². The van der Waals surface area contributed by atoms with Crippen LogP contribution in [0.3, 0.4) is 0 Å². The predicted molar refractivity (Wildman–Crippen MR) is 91.1 cm³/mol. The van der Waals surface area contributed by atoms with E-state index in [0.717, 1.165) is 19.6 Å². The van der Waals surface area contributed by atoms with Gasteiger partial charge in [-0.1, -0.05) is 17.7 Å². The van der Waals surface area contributed by atoms with Crippen molar-refractivity contribution in [2.24, 2.45) is 0 Å². The number of nitrogens with zero attached hydrogens (tertiary/aromatic N) is 1. The van der Waals surface area contributed by atoms with Gasteiger partial charge in [0.05, 0.1) is 13.1 Å². The van der Waals surface area contributed by atoms with Crippen molar-refractivity contribution in [2.45, 2.75) is 13.0 Å². The molecule has 0 spiro atoms. The Balaban J connectivity index is 0.00000242. The number of nitrogens with one attached hydrogen (secondary N) is 2. The average Bonchev–Trinajstić information content (AvgIpc) is 2.46. The molecule has 2 N–H and O–H groups in total. The van der Waals surface area contributed by atoms with E-state index in [1.807, 2.05) is 12.1 Å². The lowest BCUT2D eigenvalue weighted by Gasteiger charge is -2.33. The standard InChI is InChI=1S/C15H22ClN3O2.ClH/c1-12-10-17-5-7-19(12)11-15(20)18-6-8-21-14-4-2-3-13(16)9-14;/h2-4,9,12,17H,5-8,10-11H2,1H3,(H,18,20);1H/t12-;/m0./s1. The quantitative estimate of drug-likeness (QED) is 0.766. The van der Waals surface area contributed by atoms with Gasteiger partial charge >= 0.3 is 0 Å². The highest BCUT2D eigenvalue weighted by Gasteiger charge is 2.19. The molecule has 1 aliphatic heterocycles. The lowest BCUT2D eigenvalue weighted by atomic mass is 10.2. The molecular formula is C15H23Cl2N3O2. The molecule has 1 aliphatic rings. The van der Waals surface area contributed by atoms with E-state index in [1.54, 1.807) is 12.1 Å². The molecule has 1 amide bonds. The van der Waals surface area contributed by atoms with Crippen molar-refractivity contribution in [1.82, 2.24) is 15.5 Å². The molecular weight excluding hydrogens is 325 g/mol. The molecule has 0 aromatic heterocycles. The number of carbonyl (C=O) groups is 1. The van der Waals surface area contributed by atoms with Crippen LogP contribution in [0.1, 0.15) is 6.92 Å². The molecule has 0 bridgehead atoms. The highest BCUT2D eigenvalue weighted by Crippen LogP contribution is 2.16. The summed E-state index contributed by atoms with van der Waals surface area (Å²) in [5.74, 6) is 0.755. The Bertz CT molecular complexity index is 474. The summed E-state index contributed by atoms with van der Waals surface area (Å²) in [4.78, 5) is 14.1. The Morgan fingerprint density at radius 2 is 2.36 bits per heavy atom. The molecule has 0 saturated carbocycles. The topological polar surface area (TPSA) is 53.6 Å². The zero-order chi connectivity index (χ0) is 15.1. The summed E-state index contributed by atoms with van der Waals surface area (Å²) in [7, 11) is 0. The second kappa shape index (κ2) is 9.90. The van der Waals surface area contributed by atoms with Crippen LogP contribution in [-0.4, -0.2) is 56.2 Å². The van der Waals surface area contributed by atoms with Crippen LogP contribution in [0.25, 0.3) is 0 Å². The monoisotopic (exact) mass is 347 g/mol. The maximum Gasteiger partial charge on any atom is 0.234 e. The minimum absolute atomic E-state index is 0. The number of ether oxygens (including phenoxy) is 1. The first-order valence-electron chi connectivity index (χ1n) is 7.25. The summed E-state index contributed by atoms with van der Waals surface area (Å²) in [6, 6.07) is 7.63. The van der Waals surface area contributed by atoms with Gasteiger partial charge in [-0.3, -0.25) is 9.69 Å². The van der Waals surface area contributed by atoms with E-state index < -0.39 is 0 Å². The lowest BCUT2D eigenvalue weighted by Crippen LogP contribution is -2.52. The van der Waals surface area contributed by atoms with Crippen LogP contribution in [0.2, 0.25) is 5.02 Å². The molecule has 5 nitrogen and oxygen atoms in total. The average molecular weight is 348 g/mol. The van der Waals surface area contributed by atoms with Crippen molar-refractivity contribution >= 4 is 29.9 Å². The molecule has 22 heavy (non-hydrogen) atoms. The largest absolute Gasteiger partial charge is 0.492 e. The number of halogens is 2. The van der Waals surface area contributed by atoms with Gasteiger partial charge < -0.3 is 15.4 Å². The van der Waals surface area contributed by atoms with Gasteiger partial charge in [0.1, 0.15) is 12.4 Å². The zero-order valence-corrected chi connectivity index (χ0v) is 14.3. The Morgan fingerprint density at radius 1 is 1.55 bits per heavy atom. The molecule has 1 atom stereocenters. The maximum atomic E-state index is 11.9. The molecule has 2 rings (SSSR count). The van der Waals surface area contributed by atoms with Crippen LogP contribution < -0.4 is 15.4 Å². The number of hydrogen-bond acceptors (Lipinski definition) is 4. The molecule has 1 saturated heterocycles. The molecule has 1 fully saturated rings. The molecule has 0 aliphatic carbocycles. The van der Waals surface area contributed by atoms with Crippen LogP contribution in [0, 0.1) is 0 Å². The van der Waals surface area contributed by atoms with Crippen LogP contribution in [0.15, 0.2) is 24.3 Å². The molecule has 1 aromatic carbocycles.